The van der Waals surface area contributed by atoms with Crippen LogP contribution < -0.4 is 0 Å². The van der Waals surface area contributed by atoms with Gasteiger partial charge in [-0.3, -0.25) is 0 Å². The number of rotatable bonds is 2. The zero-order valence-corrected chi connectivity index (χ0v) is 8.07. The van der Waals surface area contributed by atoms with E-state index in [1.807, 2.05) is 28.8 Å². The van der Waals surface area contributed by atoms with E-state index in [9.17, 15) is 0 Å². The quantitative estimate of drug-likeness (QED) is 0.719. The fraction of sp³-hybridized carbons (Fsp3) is 0.273. The molecular weight excluding hydrogens is 174 g/mol. The number of imidazole rings is 1. The molecule has 0 aliphatic heterocycles. The summed E-state index contributed by atoms with van der Waals surface area (Å²) in [6.45, 7) is 2.43. The summed E-state index contributed by atoms with van der Waals surface area (Å²) >= 11 is 0. The lowest BCUT2D eigenvalue weighted by molar-refractivity contribution is 0.776. The highest BCUT2D eigenvalue weighted by Crippen LogP contribution is 2.15. The van der Waals surface area contributed by atoms with E-state index in [2.05, 4.69) is 18.0 Å². The summed E-state index contributed by atoms with van der Waals surface area (Å²) in [4.78, 5) is 4.46. The molecular formula is C11H11N3. The maximum absolute atomic E-state index is 8.72. The summed E-state index contributed by atoms with van der Waals surface area (Å²) in [5, 5.41) is 8.72. The lowest BCUT2D eigenvalue weighted by Crippen LogP contribution is -2.00. The molecule has 0 saturated heterocycles. The summed E-state index contributed by atoms with van der Waals surface area (Å²) in [5.74, 6) is 0.979. The second-order valence-corrected chi connectivity index (χ2v) is 3.11. The van der Waals surface area contributed by atoms with Gasteiger partial charge in [0, 0.05) is 6.42 Å². The van der Waals surface area contributed by atoms with Crippen LogP contribution in [0.1, 0.15) is 12.7 Å². The molecule has 0 N–H and O–H groups in total. The number of nitriles is 1. The molecule has 0 amide bonds. The first-order chi connectivity index (χ1) is 6.86. The van der Waals surface area contributed by atoms with Gasteiger partial charge >= 0.3 is 0 Å². The Balaban J connectivity index is 2.69. The van der Waals surface area contributed by atoms with Crippen molar-refractivity contribution < 1.29 is 0 Å². The Labute approximate surface area is 82.6 Å². The Morgan fingerprint density at radius 3 is 2.93 bits per heavy atom. The third-order valence-corrected chi connectivity index (χ3v) is 2.28. The highest BCUT2D eigenvalue weighted by molar-refractivity contribution is 5.75. The molecule has 0 spiro atoms. The van der Waals surface area contributed by atoms with Gasteiger partial charge in [-0.05, 0) is 12.1 Å². The van der Waals surface area contributed by atoms with Crippen LogP contribution >= 0.6 is 0 Å². The van der Waals surface area contributed by atoms with Crippen molar-refractivity contribution in [1.29, 1.82) is 5.26 Å². The Kier molecular flexibility index (Phi) is 2.19. The van der Waals surface area contributed by atoms with Gasteiger partial charge in [0.05, 0.1) is 17.1 Å². The van der Waals surface area contributed by atoms with Crippen molar-refractivity contribution in [3.63, 3.8) is 0 Å². The van der Waals surface area contributed by atoms with Gasteiger partial charge in [0.15, 0.2) is 0 Å². The first-order valence-corrected chi connectivity index (χ1v) is 4.68. The van der Waals surface area contributed by atoms with Gasteiger partial charge in [0.2, 0.25) is 0 Å². The third kappa shape index (κ3) is 1.25. The van der Waals surface area contributed by atoms with Crippen LogP contribution in [-0.4, -0.2) is 9.55 Å². The van der Waals surface area contributed by atoms with Gasteiger partial charge in [0.1, 0.15) is 12.4 Å². The molecule has 70 valence electrons. The second-order valence-electron chi connectivity index (χ2n) is 3.11. The number of hydrogen-bond acceptors (Lipinski definition) is 2. The third-order valence-electron chi connectivity index (χ3n) is 2.28. The van der Waals surface area contributed by atoms with Gasteiger partial charge < -0.3 is 4.57 Å². The van der Waals surface area contributed by atoms with Crippen LogP contribution in [0.25, 0.3) is 11.0 Å². The Morgan fingerprint density at radius 2 is 2.21 bits per heavy atom. The zero-order chi connectivity index (χ0) is 9.97. The highest BCUT2D eigenvalue weighted by atomic mass is 15.1. The van der Waals surface area contributed by atoms with E-state index in [-0.39, 0.29) is 0 Å². The van der Waals surface area contributed by atoms with Crippen LogP contribution in [0.4, 0.5) is 0 Å². The number of para-hydroxylation sites is 2. The second kappa shape index (κ2) is 3.51. The topological polar surface area (TPSA) is 41.6 Å². The summed E-state index contributed by atoms with van der Waals surface area (Å²) in [7, 11) is 0. The van der Waals surface area contributed by atoms with E-state index in [1.165, 1.54) is 0 Å². The molecule has 14 heavy (non-hydrogen) atoms. The fourth-order valence-electron chi connectivity index (χ4n) is 1.64. The summed E-state index contributed by atoms with van der Waals surface area (Å²) in [5.41, 5.74) is 2.02. The molecule has 0 saturated carbocycles. The predicted octanol–water partition coefficient (Wildman–Crippen LogP) is 2.12. The van der Waals surface area contributed by atoms with Crippen molar-refractivity contribution in [2.75, 3.05) is 0 Å². The molecule has 1 aromatic heterocycles. The van der Waals surface area contributed by atoms with Crippen LogP contribution in [0.3, 0.4) is 0 Å². The minimum absolute atomic E-state index is 0.379. The van der Waals surface area contributed by atoms with Gasteiger partial charge in [-0.2, -0.15) is 5.26 Å². The van der Waals surface area contributed by atoms with Crippen molar-refractivity contribution in [2.45, 2.75) is 19.9 Å². The summed E-state index contributed by atoms with van der Waals surface area (Å²) in [6.07, 6.45) is 0.857. The van der Waals surface area contributed by atoms with E-state index >= 15 is 0 Å². The minimum Gasteiger partial charge on any atom is -0.314 e. The van der Waals surface area contributed by atoms with Crippen molar-refractivity contribution in [1.82, 2.24) is 9.55 Å². The molecule has 0 bridgehead atoms. The molecule has 0 aliphatic carbocycles. The number of aryl methyl sites for hydroxylation is 1. The maximum Gasteiger partial charge on any atom is 0.111 e. The van der Waals surface area contributed by atoms with Crippen molar-refractivity contribution in [3.8, 4) is 6.07 Å². The normalized spacial score (nSPS) is 10.3. The van der Waals surface area contributed by atoms with Gasteiger partial charge in [-0.25, -0.2) is 4.98 Å². The minimum atomic E-state index is 0.379. The molecule has 0 unspecified atom stereocenters. The van der Waals surface area contributed by atoms with Crippen molar-refractivity contribution in [3.05, 3.63) is 30.1 Å². The zero-order valence-electron chi connectivity index (χ0n) is 8.07. The molecule has 1 aromatic carbocycles. The average molecular weight is 185 g/mol. The Morgan fingerprint density at radius 1 is 1.43 bits per heavy atom. The predicted molar refractivity (Wildman–Crippen MR) is 54.7 cm³/mol. The Hall–Kier alpha value is -1.82. The van der Waals surface area contributed by atoms with E-state index in [0.717, 1.165) is 23.3 Å². The maximum atomic E-state index is 8.72. The molecule has 2 rings (SSSR count). The SMILES string of the molecule is CCc1nc2ccccc2n1CC#N. The van der Waals surface area contributed by atoms with Crippen LogP contribution in [0.2, 0.25) is 0 Å². The number of nitrogens with zero attached hydrogens (tertiary/aromatic N) is 3. The monoisotopic (exact) mass is 185 g/mol. The molecule has 0 aliphatic rings. The van der Waals surface area contributed by atoms with Gasteiger partial charge in [-0.15, -0.1) is 0 Å². The lowest BCUT2D eigenvalue weighted by Gasteiger charge is -2.00. The Bertz CT molecular complexity index is 491. The number of fused-ring (bicyclic) bond motifs is 1. The molecule has 0 fully saturated rings. The van der Waals surface area contributed by atoms with Crippen molar-refractivity contribution >= 4 is 11.0 Å². The fourth-order valence-corrected chi connectivity index (χ4v) is 1.64. The summed E-state index contributed by atoms with van der Waals surface area (Å²) < 4.78 is 1.97. The average Bonchev–Trinajstić information content (AvgIpc) is 2.58. The molecule has 0 atom stereocenters. The van der Waals surface area contributed by atoms with Crippen molar-refractivity contribution in [2.24, 2.45) is 0 Å². The number of benzene rings is 1. The molecule has 3 heteroatoms. The standard InChI is InChI=1S/C11H11N3/c1-2-11-13-9-5-3-4-6-10(9)14(11)8-7-12/h3-6H,2,8H2,1H3. The smallest absolute Gasteiger partial charge is 0.111 e. The van der Waals surface area contributed by atoms with Crippen LogP contribution in [-0.2, 0) is 13.0 Å². The van der Waals surface area contributed by atoms with E-state index in [4.69, 9.17) is 5.26 Å². The highest BCUT2D eigenvalue weighted by Gasteiger charge is 2.07. The van der Waals surface area contributed by atoms with Gasteiger partial charge in [0.25, 0.3) is 0 Å². The molecule has 2 aromatic rings. The van der Waals surface area contributed by atoms with Crippen LogP contribution in [0.5, 0.6) is 0 Å². The van der Waals surface area contributed by atoms with E-state index < -0.39 is 0 Å². The number of aromatic nitrogens is 2. The molecule has 0 radical (unpaired) electrons. The van der Waals surface area contributed by atoms with E-state index in [0.29, 0.717) is 6.54 Å². The van der Waals surface area contributed by atoms with Crippen LogP contribution in [0.15, 0.2) is 24.3 Å². The van der Waals surface area contributed by atoms with E-state index in [1.54, 1.807) is 0 Å². The van der Waals surface area contributed by atoms with Gasteiger partial charge in [-0.1, -0.05) is 19.1 Å². The first-order valence-electron chi connectivity index (χ1n) is 4.68. The van der Waals surface area contributed by atoms with Crippen LogP contribution in [0, 0.1) is 11.3 Å². The first kappa shape index (κ1) is 8.76. The summed E-state index contributed by atoms with van der Waals surface area (Å²) in [6, 6.07) is 10.1. The molecule has 3 nitrogen and oxygen atoms in total. The lowest BCUT2D eigenvalue weighted by atomic mass is 10.3. The number of hydrogen-bond donors (Lipinski definition) is 0. The largest absolute Gasteiger partial charge is 0.314 e. The molecule has 1 heterocycles.